The molecule has 0 bridgehead atoms. The molecule has 0 amide bonds. The van der Waals surface area contributed by atoms with E-state index in [9.17, 15) is 0 Å². The summed E-state index contributed by atoms with van der Waals surface area (Å²) in [6.45, 7) is 0. The minimum atomic E-state index is -3.74. The normalized spacial score (nSPS) is 11.0. The molecule has 198 valence electrons. The first kappa shape index (κ1) is 28.2. The summed E-state index contributed by atoms with van der Waals surface area (Å²) >= 11 is -7.48. The number of benzene rings is 6. The zero-order chi connectivity index (χ0) is 28.5. The first-order valence-electron chi connectivity index (χ1n) is 14.2. The van der Waals surface area contributed by atoms with Crippen LogP contribution in [0.1, 0.15) is 0 Å². The molecular formula is C40H30Sn2. The molecule has 6 aromatic rings. The van der Waals surface area contributed by atoms with E-state index in [1.807, 2.05) is 0 Å². The van der Waals surface area contributed by atoms with Crippen LogP contribution in [0.4, 0.5) is 0 Å². The van der Waals surface area contributed by atoms with E-state index in [-0.39, 0.29) is 0 Å². The molecular weight excluding hydrogens is 718 g/mol. The molecule has 2 heteroatoms. The van der Waals surface area contributed by atoms with Crippen molar-refractivity contribution in [3.8, 4) is 19.7 Å². The number of rotatable bonds is 6. The van der Waals surface area contributed by atoms with Gasteiger partial charge in [-0.3, -0.25) is 0 Å². The summed E-state index contributed by atoms with van der Waals surface area (Å²) in [5, 5.41) is 0. The van der Waals surface area contributed by atoms with Crippen LogP contribution in [0.5, 0.6) is 0 Å². The van der Waals surface area contributed by atoms with Crippen molar-refractivity contribution in [3.63, 3.8) is 0 Å². The van der Waals surface area contributed by atoms with Crippen LogP contribution in [-0.2, 0) is 0 Å². The Labute approximate surface area is 257 Å². The van der Waals surface area contributed by atoms with Crippen molar-refractivity contribution in [1.82, 2.24) is 0 Å². The van der Waals surface area contributed by atoms with Crippen LogP contribution in [0, 0.1) is 19.7 Å². The number of hydrogen-bond acceptors (Lipinski definition) is 0. The van der Waals surface area contributed by atoms with Gasteiger partial charge >= 0.3 is 260 Å². The van der Waals surface area contributed by atoms with Crippen LogP contribution < -0.4 is 21.5 Å². The van der Waals surface area contributed by atoms with Crippen molar-refractivity contribution in [2.75, 3.05) is 0 Å². The van der Waals surface area contributed by atoms with Crippen LogP contribution in [0.2, 0.25) is 0 Å². The second-order valence-electron chi connectivity index (χ2n) is 10.2. The van der Waals surface area contributed by atoms with Gasteiger partial charge in [-0.15, -0.1) is 0 Å². The molecule has 0 atom stereocenters. The molecule has 0 heterocycles. The summed E-state index contributed by atoms with van der Waals surface area (Å²) < 4.78 is 15.9. The summed E-state index contributed by atoms with van der Waals surface area (Å²) in [6.07, 6.45) is 0. The van der Waals surface area contributed by atoms with Crippen molar-refractivity contribution in [1.29, 1.82) is 0 Å². The molecule has 0 unspecified atom stereocenters. The van der Waals surface area contributed by atoms with Crippen molar-refractivity contribution < 1.29 is 0 Å². The molecule has 0 aliphatic rings. The molecule has 0 nitrogen and oxygen atoms in total. The predicted octanol–water partition coefficient (Wildman–Crippen LogP) is 4.41. The van der Waals surface area contributed by atoms with Crippen molar-refractivity contribution in [2.45, 2.75) is 0 Å². The maximum absolute atomic E-state index is 3.93. The summed E-state index contributed by atoms with van der Waals surface area (Å²) in [6, 6.07) is 65.4. The van der Waals surface area contributed by atoms with E-state index in [4.69, 9.17) is 0 Å². The zero-order valence-corrected chi connectivity index (χ0v) is 29.0. The maximum atomic E-state index is 3.93. The van der Waals surface area contributed by atoms with Gasteiger partial charge in [-0.2, -0.15) is 0 Å². The van der Waals surface area contributed by atoms with Gasteiger partial charge in [0.2, 0.25) is 0 Å². The molecule has 0 radical (unpaired) electrons. The third-order valence-corrected chi connectivity index (χ3v) is 31.2. The van der Waals surface area contributed by atoms with Crippen LogP contribution in [0.3, 0.4) is 0 Å². The van der Waals surface area contributed by atoms with Gasteiger partial charge in [-0.25, -0.2) is 0 Å². The first-order valence-corrected chi connectivity index (χ1v) is 25.6. The molecule has 0 fully saturated rings. The molecule has 0 saturated heterocycles. The van der Waals surface area contributed by atoms with Gasteiger partial charge in [-0.1, -0.05) is 0 Å². The SMILES string of the molecule is C(C#[C][Sn]([c]1ccccc1)([c]1ccccc1)[c]1ccccc1)#[C][Sn]([c]1ccccc1)([c]1ccccc1)[c]1ccccc1. The van der Waals surface area contributed by atoms with Gasteiger partial charge in [0.1, 0.15) is 0 Å². The molecule has 0 spiro atoms. The third-order valence-electron chi connectivity index (χ3n) is 7.80. The van der Waals surface area contributed by atoms with E-state index in [2.05, 4.69) is 202 Å². The molecule has 6 rings (SSSR count). The van der Waals surface area contributed by atoms with E-state index in [0.29, 0.717) is 0 Å². The fraction of sp³-hybridized carbons (Fsp3) is 0. The van der Waals surface area contributed by atoms with Crippen molar-refractivity contribution in [2.24, 2.45) is 0 Å². The second-order valence-corrected chi connectivity index (χ2v) is 30.1. The Morgan fingerprint density at radius 2 is 0.405 bits per heavy atom. The van der Waals surface area contributed by atoms with Gasteiger partial charge in [0, 0.05) is 0 Å². The summed E-state index contributed by atoms with van der Waals surface area (Å²) in [5.74, 6) is 7.04. The Bertz CT molecular complexity index is 1510. The van der Waals surface area contributed by atoms with Crippen LogP contribution in [0.25, 0.3) is 0 Å². The average Bonchev–Trinajstić information content (AvgIpc) is 3.09. The van der Waals surface area contributed by atoms with Gasteiger partial charge in [0.25, 0.3) is 0 Å². The Balaban J connectivity index is 1.61. The van der Waals surface area contributed by atoms with Crippen LogP contribution in [-0.4, -0.2) is 36.8 Å². The Hall–Kier alpha value is -3.96. The van der Waals surface area contributed by atoms with E-state index in [1.54, 1.807) is 0 Å². The second kappa shape index (κ2) is 13.3. The predicted molar refractivity (Wildman–Crippen MR) is 184 cm³/mol. The third kappa shape index (κ3) is 5.58. The molecule has 0 N–H and O–H groups in total. The quantitative estimate of drug-likeness (QED) is 0.175. The summed E-state index contributed by atoms with van der Waals surface area (Å²) in [4.78, 5) is 0. The first-order chi connectivity index (χ1) is 20.8. The van der Waals surface area contributed by atoms with Gasteiger partial charge in [0.05, 0.1) is 0 Å². The fourth-order valence-electron chi connectivity index (χ4n) is 5.81. The van der Waals surface area contributed by atoms with Crippen LogP contribution >= 0.6 is 0 Å². The van der Waals surface area contributed by atoms with Gasteiger partial charge < -0.3 is 0 Å². The van der Waals surface area contributed by atoms with Gasteiger partial charge in [0.15, 0.2) is 0 Å². The molecule has 0 aliphatic carbocycles. The average molecular weight is 748 g/mol. The molecule has 0 saturated carbocycles. The fourth-order valence-corrected chi connectivity index (χ4v) is 27.3. The molecule has 0 aromatic heterocycles. The Morgan fingerprint density at radius 1 is 0.238 bits per heavy atom. The van der Waals surface area contributed by atoms with E-state index < -0.39 is 36.8 Å². The summed E-state index contributed by atoms with van der Waals surface area (Å²) in [5.41, 5.74) is 0. The molecule has 6 aromatic carbocycles. The topological polar surface area (TPSA) is 0 Å². The van der Waals surface area contributed by atoms with Crippen molar-refractivity contribution in [3.05, 3.63) is 182 Å². The zero-order valence-electron chi connectivity index (χ0n) is 23.3. The monoisotopic (exact) mass is 750 g/mol. The Kier molecular flexibility index (Phi) is 8.95. The molecule has 42 heavy (non-hydrogen) atoms. The molecule has 0 aliphatic heterocycles. The summed E-state index contributed by atoms with van der Waals surface area (Å²) in [7, 11) is 0. The van der Waals surface area contributed by atoms with Crippen molar-refractivity contribution >= 4 is 58.2 Å². The number of hydrogen-bond donors (Lipinski definition) is 0. The Morgan fingerprint density at radius 3 is 0.571 bits per heavy atom. The van der Waals surface area contributed by atoms with E-state index >= 15 is 0 Å². The van der Waals surface area contributed by atoms with Gasteiger partial charge in [-0.05, 0) is 0 Å². The van der Waals surface area contributed by atoms with E-state index in [1.165, 1.54) is 21.5 Å². The van der Waals surface area contributed by atoms with E-state index in [0.717, 1.165) is 0 Å². The minimum absolute atomic E-state index is 1.34. The van der Waals surface area contributed by atoms with Crippen LogP contribution in [0.15, 0.2) is 182 Å². The standard InChI is InChI=1S/6C6H5.C4.2Sn/c6*1-2-4-6-5-3-1;1-3-4-2;;/h6*1-5H;;;.